The van der Waals surface area contributed by atoms with Crippen LogP contribution in [-0.4, -0.2) is 13.1 Å². The van der Waals surface area contributed by atoms with Gasteiger partial charge < -0.3 is 10.2 Å². The van der Waals surface area contributed by atoms with Gasteiger partial charge in [-0.15, -0.1) is 0 Å². The number of hydrogen-bond acceptors (Lipinski definition) is 2. The number of unbranched alkanes of at least 4 members (excludes halogenated alkanes) is 1. The zero-order valence-electron chi connectivity index (χ0n) is 22.7. The maximum Gasteiger partial charge on any atom is 0.0450 e. The van der Waals surface area contributed by atoms with Gasteiger partial charge in [-0.05, 0) is 47.8 Å². The molecule has 0 saturated carbocycles. The fourth-order valence-corrected chi connectivity index (χ4v) is 4.95. The monoisotopic (exact) mass is 468 g/mol. The first-order valence-electron chi connectivity index (χ1n) is 13.2. The molecule has 3 rings (SSSR count). The highest BCUT2D eigenvalue weighted by Gasteiger charge is 2.38. The highest BCUT2D eigenvalue weighted by molar-refractivity contribution is 5.70. The van der Waals surface area contributed by atoms with E-state index in [0.717, 1.165) is 25.1 Å². The van der Waals surface area contributed by atoms with E-state index >= 15 is 0 Å². The van der Waals surface area contributed by atoms with E-state index in [1.54, 1.807) is 0 Å². The third-order valence-electron chi connectivity index (χ3n) is 7.27. The Bertz CT molecular complexity index is 1100. The number of hydrogen-bond donors (Lipinski definition) is 1. The van der Waals surface area contributed by atoms with Crippen molar-refractivity contribution < 1.29 is 0 Å². The molecule has 1 aliphatic rings. The van der Waals surface area contributed by atoms with Crippen LogP contribution in [0.3, 0.4) is 0 Å². The zero-order chi connectivity index (χ0) is 25.5. The number of nitrogens with one attached hydrogen (secondary N) is 1. The molecule has 2 aromatic rings. The molecule has 0 spiro atoms. The first-order valence-corrected chi connectivity index (χ1v) is 13.2. The Hall–Kier alpha value is -3.00. The van der Waals surface area contributed by atoms with Crippen molar-refractivity contribution in [1.29, 1.82) is 0 Å². The fraction of sp³-hybridized carbons (Fsp3) is 0.394. The molecule has 1 heterocycles. The molecule has 0 atom stereocenters. The Labute approximate surface area is 214 Å². The summed E-state index contributed by atoms with van der Waals surface area (Å²) in [6, 6.07) is 17.4. The van der Waals surface area contributed by atoms with E-state index in [1.807, 2.05) is 0 Å². The first-order chi connectivity index (χ1) is 16.7. The van der Waals surface area contributed by atoms with E-state index in [-0.39, 0.29) is 10.8 Å². The molecule has 2 nitrogen and oxygen atoms in total. The van der Waals surface area contributed by atoms with Gasteiger partial charge in [-0.2, -0.15) is 0 Å². The molecule has 0 aliphatic carbocycles. The second kappa shape index (κ2) is 11.6. The number of benzene rings is 2. The molecule has 0 amide bonds. The SMILES string of the molecule is C=C(/C=C/C=C/C=C1/N(CCC)c2ccccc2C1(C)C)C(C)(C)c1ccccc1NCCCC. The van der Waals surface area contributed by atoms with E-state index in [4.69, 9.17) is 0 Å². The Morgan fingerprint density at radius 1 is 0.971 bits per heavy atom. The minimum absolute atomic E-state index is 0.000107. The zero-order valence-corrected chi connectivity index (χ0v) is 22.7. The summed E-state index contributed by atoms with van der Waals surface area (Å²) in [6.45, 7) is 20.1. The number of para-hydroxylation sites is 2. The minimum Gasteiger partial charge on any atom is -0.385 e. The molecular weight excluding hydrogens is 424 g/mol. The second-order valence-corrected chi connectivity index (χ2v) is 10.6. The first kappa shape index (κ1) is 26.6. The lowest BCUT2D eigenvalue weighted by Crippen LogP contribution is -2.26. The highest BCUT2D eigenvalue weighted by Crippen LogP contribution is 2.47. The van der Waals surface area contributed by atoms with Crippen LogP contribution >= 0.6 is 0 Å². The number of rotatable bonds is 11. The molecule has 2 heteroatoms. The van der Waals surface area contributed by atoms with Gasteiger partial charge in [-0.25, -0.2) is 0 Å². The van der Waals surface area contributed by atoms with Gasteiger partial charge in [-0.1, -0.05) is 115 Å². The van der Waals surface area contributed by atoms with Crippen molar-refractivity contribution in [3.8, 4) is 0 Å². The van der Waals surface area contributed by atoms with Crippen molar-refractivity contribution in [3.05, 3.63) is 108 Å². The van der Waals surface area contributed by atoms with Crippen molar-refractivity contribution in [1.82, 2.24) is 0 Å². The molecule has 0 unspecified atom stereocenters. The summed E-state index contributed by atoms with van der Waals surface area (Å²) in [4.78, 5) is 2.48. The Morgan fingerprint density at radius 3 is 2.43 bits per heavy atom. The summed E-state index contributed by atoms with van der Waals surface area (Å²) in [6.07, 6.45) is 14.3. The summed E-state index contributed by atoms with van der Waals surface area (Å²) in [5, 5.41) is 3.62. The van der Waals surface area contributed by atoms with Crippen LogP contribution in [0.2, 0.25) is 0 Å². The fourth-order valence-electron chi connectivity index (χ4n) is 4.95. The minimum atomic E-state index is -0.161. The smallest absolute Gasteiger partial charge is 0.0450 e. The third-order valence-corrected chi connectivity index (χ3v) is 7.27. The average Bonchev–Trinajstić information content (AvgIpc) is 3.05. The van der Waals surface area contributed by atoms with Crippen molar-refractivity contribution in [2.75, 3.05) is 23.3 Å². The van der Waals surface area contributed by atoms with Gasteiger partial charge in [0, 0.05) is 41.0 Å². The largest absolute Gasteiger partial charge is 0.385 e. The van der Waals surface area contributed by atoms with E-state index in [0.29, 0.717) is 0 Å². The van der Waals surface area contributed by atoms with E-state index in [1.165, 1.54) is 41.0 Å². The van der Waals surface area contributed by atoms with Crippen LogP contribution in [0.15, 0.2) is 96.8 Å². The van der Waals surface area contributed by atoms with Crippen LogP contribution in [0.5, 0.6) is 0 Å². The lowest BCUT2D eigenvalue weighted by molar-refractivity contribution is 0.629. The van der Waals surface area contributed by atoms with Gasteiger partial charge >= 0.3 is 0 Å². The Morgan fingerprint density at radius 2 is 1.69 bits per heavy atom. The normalized spacial score (nSPS) is 16.4. The molecule has 1 N–H and O–H groups in total. The Balaban J connectivity index is 1.75. The van der Waals surface area contributed by atoms with Crippen LogP contribution < -0.4 is 10.2 Å². The average molecular weight is 469 g/mol. The van der Waals surface area contributed by atoms with E-state index in [9.17, 15) is 0 Å². The molecule has 186 valence electrons. The summed E-state index contributed by atoms with van der Waals surface area (Å²) in [7, 11) is 0. The van der Waals surface area contributed by atoms with Crippen LogP contribution in [0.25, 0.3) is 0 Å². The van der Waals surface area contributed by atoms with Gasteiger partial charge in [0.05, 0.1) is 0 Å². The molecule has 0 radical (unpaired) electrons. The van der Waals surface area contributed by atoms with Crippen molar-refractivity contribution in [2.45, 2.75) is 71.6 Å². The molecule has 0 saturated heterocycles. The molecule has 2 aromatic carbocycles. The maximum atomic E-state index is 4.43. The summed E-state index contributed by atoms with van der Waals surface area (Å²) >= 11 is 0. The predicted molar refractivity (Wildman–Crippen MR) is 155 cm³/mol. The quantitative estimate of drug-likeness (QED) is 0.261. The summed E-state index contributed by atoms with van der Waals surface area (Å²) < 4.78 is 0. The lowest BCUT2D eigenvalue weighted by Gasteiger charge is -2.29. The topological polar surface area (TPSA) is 15.3 Å². The van der Waals surface area contributed by atoms with Crippen molar-refractivity contribution in [3.63, 3.8) is 0 Å². The van der Waals surface area contributed by atoms with E-state index < -0.39 is 0 Å². The Kier molecular flexibility index (Phi) is 8.83. The molecule has 0 bridgehead atoms. The standard InChI is InChI=1S/C33H44N2/c1-8-10-24-34-29-21-16-14-19-27(29)32(4,5)26(3)18-12-11-13-23-31-33(6,7)28-20-15-17-22-30(28)35(31)25-9-2/h11-23,34H,3,8-10,24-25H2,1-2,4-7H3/b13-11+,18-12+,31-23+. The van der Waals surface area contributed by atoms with Crippen LogP contribution in [0, 0.1) is 0 Å². The highest BCUT2D eigenvalue weighted by atomic mass is 15.2. The number of fused-ring (bicyclic) bond motifs is 1. The molecule has 1 aliphatic heterocycles. The van der Waals surface area contributed by atoms with Gasteiger partial charge in [0.25, 0.3) is 0 Å². The van der Waals surface area contributed by atoms with Gasteiger partial charge in [-0.3, -0.25) is 0 Å². The number of anilines is 2. The molecule has 0 aromatic heterocycles. The van der Waals surface area contributed by atoms with Gasteiger partial charge in [0.2, 0.25) is 0 Å². The second-order valence-electron chi connectivity index (χ2n) is 10.6. The van der Waals surface area contributed by atoms with Gasteiger partial charge in [0.15, 0.2) is 0 Å². The molecule has 35 heavy (non-hydrogen) atoms. The van der Waals surface area contributed by atoms with Gasteiger partial charge in [0.1, 0.15) is 0 Å². The van der Waals surface area contributed by atoms with E-state index in [2.05, 4.69) is 137 Å². The lowest BCUT2D eigenvalue weighted by atomic mass is 9.77. The van der Waals surface area contributed by atoms with Crippen molar-refractivity contribution in [2.24, 2.45) is 0 Å². The number of nitrogens with zero attached hydrogens (tertiary/aromatic N) is 1. The van der Waals surface area contributed by atoms with Crippen LogP contribution in [0.1, 0.15) is 71.9 Å². The number of allylic oxidation sites excluding steroid dienone is 7. The summed E-state index contributed by atoms with van der Waals surface area (Å²) in [5.74, 6) is 0. The maximum absolute atomic E-state index is 4.43. The van der Waals surface area contributed by atoms with Crippen LogP contribution in [-0.2, 0) is 10.8 Å². The predicted octanol–water partition coefficient (Wildman–Crippen LogP) is 8.94. The molecular formula is C33H44N2. The molecule has 0 fully saturated rings. The third kappa shape index (κ3) is 5.81. The summed E-state index contributed by atoms with van der Waals surface area (Å²) in [5.41, 5.74) is 7.54. The van der Waals surface area contributed by atoms with Crippen molar-refractivity contribution >= 4 is 11.4 Å². The van der Waals surface area contributed by atoms with Crippen LogP contribution in [0.4, 0.5) is 11.4 Å².